The van der Waals surface area contributed by atoms with Crippen LogP contribution in [0.3, 0.4) is 0 Å². The van der Waals surface area contributed by atoms with Gasteiger partial charge >= 0.3 is 0 Å². The van der Waals surface area contributed by atoms with Gasteiger partial charge in [-0.05, 0) is 13.1 Å². The fraction of sp³-hybridized carbons (Fsp3) is 0.364. The van der Waals surface area contributed by atoms with Crippen molar-refractivity contribution in [3.8, 4) is 0 Å². The van der Waals surface area contributed by atoms with Crippen molar-refractivity contribution in [2.75, 3.05) is 20.1 Å². The zero-order chi connectivity index (χ0) is 9.71. The van der Waals surface area contributed by atoms with Crippen LogP contribution in [0, 0.1) is 0 Å². The van der Waals surface area contributed by atoms with Gasteiger partial charge in [0.1, 0.15) is 6.17 Å². The molecule has 72 valence electrons. The zero-order valence-corrected chi connectivity index (χ0v) is 8.10. The predicted octanol–water partition coefficient (Wildman–Crippen LogP) is 1.09. The van der Waals surface area contributed by atoms with E-state index in [0.29, 0.717) is 0 Å². The van der Waals surface area contributed by atoms with E-state index in [1.54, 1.807) is 0 Å². The lowest BCUT2D eigenvalue weighted by atomic mass is 10.1. The summed E-state index contributed by atoms with van der Waals surface area (Å²) in [6.45, 7) is 1.83. The number of hydrogen-bond donors (Lipinski definition) is 0. The van der Waals surface area contributed by atoms with Gasteiger partial charge in [-0.15, -0.1) is 0 Å². The Morgan fingerprint density at radius 3 is 2.93 bits per heavy atom. The summed E-state index contributed by atoms with van der Waals surface area (Å²) in [7, 11) is 2.07. The average Bonchev–Trinajstić information content (AvgIpc) is 2.70. The first-order valence-electron chi connectivity index (χ1n) is 4.89. The molecular formula is C11H12N2O. The Bertz CT molecular complexity index is 402. The number of amides is 1. The molecule has 14 heavy (non-hydrogen) atoms. The van der Waals surface area contributed by atoms with Crippen molar-refractivity contribution in [2.45, 2.75) is 6.17 Å². The van der Waals surface area contributed by atoms with E-state index in [9.17, 15) is 4.79 Å². The summed E-state index contributed by atoms with van der Waals surface area (Å²) in [6, 6.07) is 7.91. The Kier molecular flexibility index (Phi) is 1.47. The van der Waals surface area contributed by atoms with E-state index in [0.717, 1.165) is 24.2 Å². The normalized spacial score (nSPS) is 25.4. The largest absolute Gasteiger partial charge is 0.317 e. The van der Waals surface area contributed by atoms with Crippen molar-refractivity contribution in [1.29, 1.82) is 0 Å². The molecule has 0 N–H and O–H groups in total. The van der Waals surface area contributed by atoms with E-state index >= 15 is 0 Å². The molecule has 2 heterocycles. The highest BCUT2D eigenvalue weighted by molar-refractivity contribution is 5.99. The van der Waals surface area contributed by atoms with Gasteiger partial charge in [-0.3, -0.25) is 9.69 Å². The summed E-state index contributed by atoms with van der Waals surface area (Å²) in [4.78, 5) is 16.1. The minimum Gasteiger partial charge on any atom is -0.317 e. The van der Waals surface area contributed by atoms with Crippen LogP contribution in [0.5, 0.6) is 0 Å². The fourth-order valence-corrected chi connectivity index (χ4v) is 2.44. The number of hydrogen-bond acceptors (Lipinski definition) is 2. The average molecular weight is 188 g/mol. The van der Waals surface area contributed by atoms with Crippen LogP contribution in [0.4, 0.5) is 0 Å². The van der Waals surface area contributed by atoms with Gasteiger partial charge in [-0.2, -0.15) is 0 Å². The van der Waals surface area contributed by atoms with Crippen LogP contribution in [0.1, 0.15) is 22.1 Å². The van der Waals surface area contributed by atoms with Crippen molar-refractivity contribution >= 4 is 5.91 Å². The van der Waals surface area contributed by atoms with Crippen LogP contribution in [0.15, 0.2) is 24.3 Å². The number of nitrogens with zero attached hydrogens (tertiary/aromatic N) is 2. The highest BCUT2D eigenvalue weighted by Crippen LogP contribution is 2.37. The lowest BCUT2D eigenvalue weighted by Crippen LogP contribution is -2.26. The highest BCUT2D eigenvalue weighted by atomic mass is 16.2. The summed E-state index contributed by atoms with van der Waals surface area (Å²) < 4.78 is 0. The Labute approximate surface area is 82.9 Å². The molecule has 1 aromatic rings. The van der Waals surface area contributed by atoms with Gasteiger partial charge in [0.2, 0.25) is 0 Å². The van der Waals surface area contributed by atoms with Crippen molar-refractivity contribution in [1.82, 2.24) is 9.80 Å². The maximum atomic E-state index is 11.9. The van der Waals surface area contributed by atoms with Crippen LogP contribution in [0.2, 0.25) is 0 Å². The Balaban J connectivity index is 2.17. The molecule has 2 aliphatic rings. The quantitative estimate of drug-likeness (QED) is 0.608. The minimum absolute atomic E-state index is 0.190. The third-order valence-corrected chi connectivity index (χ3v) is 3.14. The molecule has 1 saturated heterocycles. The molecule has 1 unspecified atom stereocenters. The predicted molar refractivity (Wildman–Crippen MR) is 52.8 cm³/mol. The molecule has 0 aromatic heterocycles. The molecule has 0 radical (unpaired) electrons. The minimum atomic E-state index is 0.190. The van der Waals surface area contributed by atoms with Crippen LogP contribution >= 0.6 is 0 Å². The molecular weight excluding hydrogens is 176 g/mol. The first kappa shape index (κ1) is 8.00. The molecule has 1 aromatic carbocycles. The van der Waals surface area contributed by atoms with Crippen LogP contribution in [0.25, 0.3) is 0 Å². The molecule has 1 atom stereocenters. The number of carbonyl (C=O) groups excluding carboxylic acids is 1. The SMILES string of the molecule is CN1CCN2C(=O)c3ccccc3C12. The van der Waals surface area contributed by atoms with E-state index in [1.165, 1.54) is 0 Å². The number of fused-ring (bicyclic) bond motifs is 3. The molecule has 0 aliphatic carbocycles. The summed E-state index contributed by atoms with van der Waals surface area (Å²) >= 11 is 0. The summed E-state index contributed by atoms with van der Waals surface area (Å²) in [6.07, 6.45) is 0.193. The second kappa shape index (κ2) is 2.58. The maximum Gasteiger partial charge on any atom is 0.255 e. The number of carbonyl (C=O) groups is 1. The standard InChI is InChI=1S/C11H12N2O/c1-12-6-7-13-10(12)8-4-2-3-5-9(8)11(13)14/h2-5,10H,6-7H2,1H3. The van der Waals surface area contributed by atoms with Crippen molar-refractivity contribution in [3.05, 3.63) is 35.4 Å². The third-order valence-electron chi connectivity index (χ3n) is 3.14. The molecule has 0 bridgehead atoms. The van der Waals surface area contributed by atoms with Crippen LogP contribution in [-0.2, 0) is 0 Å². The maximum absolute atomic E-state index is 11.9. The third kappa shape index (κ3) is 0.826. The second-order valence-corrected chi connectivity index (χ2v) is 3.94. The molecule has 1 fully saturated rings. The van der Waals surface area contributed by atoms with Gasteiger partial charge in [0, 0.05) is 24.2 Å². The lowest BCUT2D eigenvalue weighted by molar-refractivity contribution is 0.0721. The van der Waals surface area contributed by atoms with Crippen LogP contribution in [-0.4, -0.2) is 35.8 Å². The summed E-state index contributed by atoms with van der Waals surface area (Å²) in [5.41, 5.74) is 2.04. The topological polar surface area (TPSA) is 23.6 Å². The van der Waals surface area contributed by atoms with Gasteiger partial charge in [0.15, 0.2) is 0 Å². The molecule has 3 nitrogen and oxygen atoms in total. The highest BCUT2D eigenvalue weighted by Gasteiger charge is 2.42. The van der Waals surface area contributed by atoms with E-state index in [2.05, 4.69) is 18.0 Å². The van der Waals surface area contributed by atoms with Gasteiger partial charge < -0.3 is 4.90 Å². The number of rotatable bonds is 0. The second-order valence-electron chi connectivity index (χ2n) is 3.94. The molecule has 1 amide bonds. The van der Waals surface area contributed by atoms with Gasteiger partial charge in [-0.25, -0.2) is 0 Å². The van der Waals surface area contributed by atoms with Crippen LogP contribution < -0.4 is 0 Å². The Morgan fingerprint density at radius 1 is 1.29 bits per heavy atom. The van der Waals surface area contributed by atoms with E-state index in [4.69, 9.17) is 0 Å². The zero-order valence-electron chi connectivity index (χ0n) is 8.10. The van der Waals surface area contributed by atoms with Crippen molar-refractivity contribution in [2.24, 2.45) is 0 Å². The van der Waals surface area contributed by atoms with Gasteiger partial charge in [0.05, 0.1) is 0 Å². The number of likely N-dealkylation sites (N-methyl/N-ethyl adjacent to an activating group) is 1. The summed E-state index contributed by atoms with van der Waals surface area (Å²) in [5.74, 6) is 0.190. The Morgan fingerprint density at radius 2 is 2.07 bits per heavy atom. The first-order chi connectivity index (χ1) is 6.79. The van der Waals surface area contributed by atoms with Gasteiger partial charge in [-0.1, -0.05) is 18.2 Å². The van der Waals surface area contributed by atoms with E-state index in [-0.39, 0.29) is 12.1 Å². The van der Waals surface area contributed by atoms with Crippen molar-refractivity contribution < 1.29 is 4.79 Å². The molecule has 0 saturated carbocycles. The fourth-order valence-electron chi connectivity index (χ4n) is 2.44. The lowest BCUT2D eigenvalue weighted by Gasteiger charge is -2.20. The molecule has 0 spiro atoms. The molecule has 2 aliphatic heterocycles. The Hall–Kier alpha value is -1.35. The molecule has 3 rings (SSSR count). The van der Waals surface area contributed by atoms with Crippen molar-refractivity contribution in [3.63, 3.8) is 0 Å². The first-order valence-corrected chi connectivity index (χ1v) is 4.89. The number of benzene rings is 1. The van der Waals surface area contributed by atoms with E-state index in [1.807, 2.05) is 23.1 Å². The monoisotopic (exact) mass is 188 g/mol. The smallest absolute Gasteiger partial charge is 0.255 e. The van der Waals surface area contributed by atoms with Gasteiger partial charge in [0.25, 0.3) is 5.91 Å². The summed E-state index contributed by atoms with van der Waals surface area (Å²) in [5, 5.41) is 0. The molecule has 3 heteroatoms. The van der Waals surface area contributed by atoms with E-state index < -0.39 is 0 Å².